The van der Waals surface area contributed by atoms with E-state index in [4.69, 9.17) is 4.74 Å². The number of ether oxygens (including phenoxy) is 1. The van der Waals surface area contributed by atoms with Crippen molar-refractivity contribution in [2.24, 2.45) is 0 Å². The van der Waals surface area contributed by atoms with Crippen LogP contribution < -0.4 is 5.32 Å². The summed E-state index contributed by atoms with van der Waals surface area (Å²) in [7, 11) is 0. The molecule has 0 spiro atoms. The van der Waals surface area contributed by atoms with Crippen molar-refractivity contribution in [3.8, 4) is 0 Å². The highest BCUT2D eigenvalue weighted by atomic mass is 16.5. The highest BCUT2D eigenvalue weighted by Gasteiger charge is 2.20. The van der Waals surface area contributed by atoms with Crippen molar-refractivity contribution in [2.75, 3.05) is 26.2 Å². The van der Waals surface area contributed by atoms with Gasteiger partial charge >= 0.3 is 5.97 Å². The molecular weight excluding hydrogens is 330 g/mol. The zero-order valence-electron chi connectivity index (χ0n) is 16.6. The molecule has 1 aromatic rings. The van der Waals surface area contributed by atoms with Gasteiger partial charge in [0.2, 0.25) is 5.91 Å². The molecule has 6 heteroatoms. The van der Waals surface area contributed by atoms with Crippen LogP contribution in [0.4, 0.5) is 0 Å². The average molecular weight is 364 g/mol. The Hall–Kier alpha value is -1.82. The molecular formula is C20H33N3O3. The fourth-order valence-corrected chi connectivity index (χ4v) is 3.73. The van der Waals surface area contributed by atoms with Crippen LogP contribution in [0, 0.1) is 13.8 Å². The van der Waals surface area contributed by atoms with E-state index in [0.29, 0.717) is 37.6 Å². The number of nitrogens with zero attached hydrogens (tertiary/aromatic N) is 1. The number of amides is 1. The highest BCUT2D eigenvalue weighted by molar-refractivity contribution is 5.92. The molecule has 1 aromatic heterocycles. The fraction of sp³-hybridized carbons (Fsp3) is 0.700. The third-order valence-corrected chi connectivity index (χ3v) is 5.28. The lowest BCUT2D eigenvalue weighted by Crippen LogP contribution is -2.42. The van der Waals surface area contributed by atoms with E-state index in [1.165, 1.54) is 19.3 Å². The molecule has 1 atom stereocenters. The quantitative estimate of drug-likeness (QED) is 0.697. The third-order valence-electron chi connectivity index (χ3n) is 5.28. The van der Waals surface area contributed by atoms with Crippen LogP contribution in [-0.4, -0.2) is 54.0 Å². The van der Waals surface area contributed by atoms with Crippen LogP contribution in [0.25, 0.3) is 0 Å². The van der Waals surface area contributed by atoms with E-state index in [2.05, 4.69) is 22.1 Å². The number of aryl methyl sites for hydroxylation is 2. The molecule has 1 aliphatic rings. The number of carbonyl (C=O) groups is 2. The number of H-pyrrole nitrogens is 1. The van der Waals surface area contributed by atoms with Crippen molar-refractivity contribution >= 4 is 11.9 Å². The number of nitrogens with one attached hydrogen (secondary N) is 2. The van der Waals surface area contributed by atoms with Crippen molar-refractivity contribution in [3.05, 3.63) is 22.5 Å². The van der Waals surface area contributed by atoms with Crippen molar-refractivity contribution in [3.63, 3.8) is 0 Å². The number of rotatable bonds is 8. The summed E-state index contributed by atoms with van der Waals surface area (Å²) in [6.45, 7) is 10.9. The Kier molecular flexibility index (Phi) is 7.69. The summed E-state index contributed by atoms with van der Waals surface area (Å²) in [4.78, 5) is 29.9. The Morgan fingerprint density at radius 2 is 2.08 bits per heavy atom. The van der Waals surface area contributed by atoms with Crippen molar-refractivity contribution in [1.29, 1.82) is 0 Å². The van der Waals surface area contributed by atoms with Gasteiger partial charge < -0.3 is 15.0 Å². The molecule has 1 saturated heterocycles. The summed E-state index contributed by atoms with van der Waals surface area (Å²) in [6, 6.07) is 0.617. The maximum Gasteiger partial charge on any atom is 0.340 e. The van der Waals surface area contributed by atoms with E-state index < -0.39 is 0 Å². The molecule has 0 bridgehead atoms. The normalized spacial score (nSPS) is 17.9. The monoisotopic (exact) mass is 363 g/mol. The standard InChI is InChI=1S/C20H33N3O3/c1-5-26-20(25)19-15(3)17(22-16(19)4)9-10-18(24)21-11-13-23-12-7-6-8-14(23)2/h14,22H,5-13H2,1-4H3,(H,21,24)/t14-/m0/s1. The lowest BCUT2D eigenvalue weighted by atomic mass is 10.0. The maximum absolute atomic E-state index is 12.1. The van der Waals surface area contributed by atoms with Crippen molar-refractivity contribution in [2.45, 2.75) is 65.8 Å². The van der Waals surface area contributed by atoms with Crippen LogP contribution in [0.15, 0.2) is 0 Å². The number of piperidine rings is 1. The fourth-order valence-electron chi connectivity index (χ4n) is 3.73. The molecule has 2 N–H and O–H groups in total. The van der Waals surface area contributed by atoms with E-state index in [0.717, 1.165) is 30.0 Å². The molecule has 1 fully saturated rings. The maximum atomic E-state index is 12.1. The molecule has 26 heavy (non-hydrogen) atoms. The van der Waals surface area contributed by atoms with Crippen molar-refractivity contribution < 1.29 is 14.3 Å². The van der Waals surface area contributed by atoms with Gasteiger partial charge in [-0.3, -0.25) is 9.69 Å². The predicted octanol–water partition coefficient (Wildman–Crippen LogP) is 2.73. The van der Waals surface area contributed by atoms with Gasteiger partial charge in [0.25, 0.3) is 0 Å². The average Bonchev–Trinajstić information content (AvgIpc) is 2.89. The van der Waals surface area contributed by atoms with E-state index in [9.17, 15) is 9.59 Å². The number of esters is 1. The first-order valence-corrected chi connectivity index (χ1v) is 9.80. The van der Waals surface area contributed by atoms with Crippen LogP contribution in [0.5, 0.6) is 0 Å². The number of hydrogen-bond acceptors (Lipinski definition) is 4. The zero-order chi connectivity index (χ0) is 19.1. The molecule has 0 aromatic carbocycles. The highest BCUT2D eigenvalue weighted by Crippen LogP contribution is 2.20. The van der Waals surface area contributed by atoms with Gasteiger partial charge in [0.05, 0.1) is 12.2 Å². The predicted molar refractivity (Wildman–Crippen MR) is 102 cm³/mol. The van der Waals surface area contributed by atoms with E-state index in [1.54, 1.807) is 6.92 Å². The zero-order valence-corrected chi connectivity index (χ0v) is 16.6. The SMILES string of the molecule is CCOC(=O)c1c(C)[nH]c(CCC(=O)NCCN2CCCC[C@@H]2C)c1C. The first-order chi connectivity index (χ1) is 12.4. The van der Waals surface area contributed by atoms with E-state index in [1.807, 2.05) is 13.8 Å². The second-order valence-electron chi connectivity index (χ2n) is 7.18. The Labute approximate surface area is 156 Å². The van der Waals surface area contributed by atoms with Gasteiger partial charge in [-0.1, -0.05) is 6.42 Å². The summed E-state index contributed by atoms with van der Waals surface area (Å²) >= 11 is 0. The van der Waals surface area contributed by atoms with Gasteiger partial charge in [-0.05, 0) is 59.1 Å². The van der Waals surface area contributed by atoms with Gasteiger partial charge in [0.15, 0.2) is 0 Å². The Morgan fingerprint density at radius 3 is 2.77 bits per heavy atom. The third kappa shape index (κ3) is 5.34. The molecule has 0 saturated carbocycles. The molecule has 6 nitrogen and oxygen atoms in total. The summed E-state index contributed by atoms with van der Waals surface area (Å²) < 4.78 is 5.11. The second-order valence-corrected chi connectivity index (χ2v) is 7.18. The first-order valence-electron chi connectivity index (χ1n) is 9.80. The van der Waals surface area contributed by atoms with Crippen LogP contribution in [0.2, 0.25) is 0 Å². The number of aromatic amines is 1. The van der Waals surface area contributed by atoms with Crippen LogP contribution in [0.1, 0.15) is 66.8 Å². The molecule has 2 rings (SSSR count). The van der Waals surface area contributed by atoms with Gasteiger partial charge in [-0.15, -0.1) is 0 Å². The number of likely N-dealkylation sites (tertiary alicyclic amines) is 1. The minimum atomic E-state index is -0.301. The topological polar surface area (TPSA) is 74.4 Å². The summed E-state index contributed by atoms with van der Waals surface area (Å²) in [5.74, 6) is -0.246. The van der Waals surface area contributed by atoms with E-state index >= 15 is 0 Å². The summed E-state index contributed by atoms with van der Waals surface area (Å²) in [5, 5.41) is 3.02. The van der Waals surface area contributed by atoms with Crippen LogP contribution in [0.3, 0.4) is 0 Å². The minimum absolute atomic E-state index is 0.0546. The lowest BCUT2D eigenvalue weighted by Gasteiger charge is -2.33. The molecule has 2 heterocycles. The molecule has 1 amide bonds. The molecule has 146 valence electrons. The van der Waals surface area contributed by atoms with Crippen molar-refractivity contribution in [1.82, 2.24) is 15.2 Å². The molecule has 0 aliphatic carbocycles. The largest absolute Gasteiger partial charge is 0.462 e. The number of carbonyl (C=O) groups excluding carboxylic acids is 2. The molecule has 0 radical (unpaired) electrons. The Balaban J connectivity index is 1.78. The van der Waals surface area contributed by atoms with Gasteiger partial charge in [0, 0.05) is 36.9 Å². The lowest BCUT2D eigenvalue weighted by molar-refractivity contribution is -0.121. The Morgan fingerprint density at radius 1 is 1.31 bits per heavy atom. The molecule has 0 unspecified atom stereocenters. The van der Waals surface area contributed by atoms with Gasteiger partial charge in [-0.2, -0.15) is 0 Å². The second kappa shape index (κ2) is 9.76. The smallest absolute Gasteiger partial charge is 0.340 e. The van der Waals surface area contributed by atoms with E-state index in [-0.39, 0.29) is 11.9 Å². The molecule has 1 aliphatic heterocycles. The van der Waals surface area contributed by atoms with Crippen LogP contribution >= 0.6 is 0 Å². The number of aromatic nitrogens is 1. The first kappa shape index (κ1) is 20.5. The minimum Gasteiger partial charge on any atom is -0.462 e. The van der Waals surface area contributed by atoms with Gasteiger partial charge in [-0.25, -0.2) is 4.79 Å². The Bertz CT molecular complexity index is 624. The summed E-state index contributed by atoms with van der Waals surface area (Å²) in [5.41, 5.74) is 3.22. The number of hydrogen-bond donors (Lipinski definition) is 2. The summed E-state index contributed by atoms with van der Waals surface area (Å²) in [6.07, 6.45) is 4.83. The van der Waals surface area contributed by atoms with Crippen LogP contribution in [-0.2, 0) is 16.0 Å². The van der Waals surface area contributed by atoms with Gasteiger partial charge in [0.1, 0.15) is 0 Å².